The lowest BCUT2D eigenvalue weighted by atomic mass is 9.98. The molecule has 0 aromatic heterocycles. The largest absolute Gasteiger partial charge is 0.456 e. The van der Waals surface area contributed by atoms with E-state index >= 15 is 0 Å². The highest BCUT2D eigenvalue weighted by Gasteiger charge is 2.54. The molecule has 13 heteroatoms. The van der Waals surface area contributed by atoms with E-state index in [9.17, 15) is 14.4 Å². The Morgan fingerprint density at radius 2 is 1.23 bits per heavy atom. The number of rotatable bonds is 9. The lowest BCUT2D eigenvalue weighted by Crippen LogP contribution is -2.63. The summed E-state index contributed by atoms with van der Waals surface area (Å²) in [6, 6.07) is 25.4. The number of carbonyl (C=O) groups is 3. The lowest BCUT2D eigenvalue weighted by Gasteiger charge is -2.44. The van der Waals surface area contributed by atoms with Crippen molar-refractivity contribution in [3.63, 3.8) is 0 Å². The maximum Gasteiger partial charge on any atom is 0.338 e. The molecule has 1 fully saturated rings. The van der Waals surface area contributed by atoms with Crippen LogP contribution in [-0.4, -0.2) is 64.1 Å². The number of alkyl halides is 3. The summed E-state index contributed by atoms with van der Waals surface area (Å²) in [5.41, 5.74) is 0.349. The molecule has 0 bridgehead atoms. The first-order valence-corrected chi connectivity index (χ1v) is 15.0. The quantitative estimate of drug-likeness (QED) is 0.0705. The Balaban J connectivity index is 1.75. The fourth-order valence-electron chi connectivity index (χ4n) is 4.11. The number of hydrogen-bond donors (Lipinski definition) is 1. The molecule has 0 unspecified atom stereocenters. The van der Waals surface area contributed by atoms with Crippen LogP contribution in [0, 0.1) is 5.41 Å². The van der Waals surface area contributed by atoms with Crippen LogP contribution in [0.5, 0.6) is 0 Å². The van der Waals surface area contributed by atoms with Crippen molar-refractivity contribution in [2.24, 2.45) is 0 Å². The number of ether oxygens (including phenoxy) is 5. The molecule has 1 saturated heterocycles. The topological polar surface area (TPSA) is 121 Å². The molecule has 3 aromatic carbocycles. The van der Waals surface area contributed by atoms with E-state index in [-0.39, 0.29) is 16.9 Å². The van der Waals surface area contributed by atoms with Crippen LogP contribution in [0.15, 0.2) is 95.9 Å². The third kappa shape index (κ3) is 9.11. The number of carbonyl (C=O) groups excluding carboxylic acids is 3. The van der Waals surface area contributed by atoms with E-state index in [1.807, 2.05) is 30.3 Å². The minimum atomic E-state index is -2.30. The standard InChI is InChI=1S/C30H26Cl3NO8S/c1-18(35)38-23-22(17-43-21-15-9-4-10-16-21)39-28(42-29(34)30(31,32)33)25(41-27(37)20-13-7-3-8-14-20)24(23)40-26(36)19-11-5-2-6-12-19/h2-16,22-25,28,34H,17H2,1H3/t22-,23-,24+,25-,28-/m1/s1. The van der Waals surface area contributed by atoms with E-state index in [0.717, 1.165) is 4.90 Å². The Labute approximate surface area is 267 Å². The molecule has 0 spiro atoms. The second-order valence-electron chi connectivity index (χ2n) is 9.16. The van der Waals surface area contributed by atoms with Gasteiger partial charge in [0.25, 0.3) is 3.79 Å². The van der Waals surface area contributed by atoms with Gasteiger partial charge < -0.3 is 23.7 Å². The fraction of sp³-hybridized carbons (Fsp3) is 0.267. The minimum absolute atomic E-state index is 0.164. The number of halogens is 3. The van der Waals surface area contributed by atoms with Gasteiger partial charge in [0.1, 0.15) is 6.10 Å². The van der Waals surface area contributed by atoms with E-state index in [1.165, 1.54) is 43.0 Å². The van der Waals surface area contributed by atoms with E-state index in [1.54, 1.807) is 36.4 Å². The van der Waals surface area contributed by atoms with Crippen LogP contribution in [-0.2, 0) is 28.5 Å². The normalized spacial score (nSPS) is 21.7. The Bertz CT molecular complexity index is 1410. The zero-order valence-corrected chi connectivity index (χ0v) is 25.6. The van der Waals surface area contributed by atoms with Gasteiger partial charge in [-0.25, -0.2) is 9.59 Å². The van der Waals surface area contributed by atoms with Gasteiger partial charge in [-0.2, -0.15) is 0 Å². The molecule has 1 aliphatic rings. The van der Waals surface area contributed by atoms with Crippen molar-refractivity contribution in [2.75, 3.05) is 5.75 Å². The van der Waals surface area contributed by atoms with Crippen LogP contribution in [0.2, 0.25) is 0 Å². The molecular weight excluding hydrogens is 641 g/mol. The lowest BCUT2D eigenvalue weighted by molar-refractivity contribution is -0.274. The Kier molecular flexibility index (Phi) is 11.3. The zero-order valence-electron chi connectivity index (χ0n) is 22.6. The maximum absolute atomic E-state index is 13.3. The Morgan fingerprint density at radius 1 is 0.744 bits per heavy atom. The van der Waals surface area contributed by atoms with Crippen LogP contribution >= 0.6 is 46.6 Å². The van der Waals surface area contributed by atoms with Gasteiger partial charge in [0, 0.05) is 17.6 Å². The predicted molar refractivity (Wildman–Crippen MR) is 162 cm³/mol. The van der Waals surface area contributed by atoms with Gasteiger partial charge in [0.15, 0.2) is 12.2 Å². The van der Waals surface area contributed by atoms with Crippen molar-refractivity contribution >= 4 is 70.4 Å². The summed E-state index contributed by atoms with van der Waals surface area (Å²) in [4.78, 5) is 39.8. The maximum atomic E-state index is 13.3. The molecule has 0 saturated carbocycles. The average Bonchev–Trinajstić information content (AvgIpc) is 2.99. The summed E-state index contributed by atoms with van der Waals surface area (Å²) < 4.78 is 26.8. The van der Waals surface area contributed by atoms with Crippen LogP contribution in [0.25, 0.3) is 0 Å². The molecule has 5 atom stereocenters. The van der Waals surface area contributed by atoms with Gasteiger partial charge in [0.2, 0.25) is 18.3 Å². The van der Waals surface area contributed by atoms with E-state index in [4.69, 9.17) is 63.9 Å². The van der Waals surface area contributed by atoms with Gasteiger partial charge in [0.05, 0.1) is 11.1 Å². The highest BCUT2D eigenvalue weighted by molar-refractivity contribution is 7.99. The van der Waals surface area contributed by atoms with Crippen LogP contribution in [0.1, 0.15) is 27.6 Å². The monoisotopic (exact) mass is 665 g/mol. The Morgan fingerprint density at radius 3 is 1.72 bits per heavy atom. The number of hydrogen-bond acceptors (Lipinski definition) is 10. The van der Waals surface area contributed by atoms with Gasteiger partial charge in [-0.1, -0.05) is 89.4 Å². The van der Waals surface area contributed by atoms with Crippen LogP contribution < -0.4 is 0 Å². The van der Waals surface area contributed by atoms with Gasteiger partial charge >= 0.3 is 17.9 Å². The first kappa shape index (κ1) is 32.6. The summed E-state index contributed by atoms with van der Waals surface area (Å²) in [5.74, 6) is -3.00. The van der Waals surface area contributed by atoms with Crippen molar-refractivity contribution in [3.05, 3.63) is 102 Å². The Hall–Kier alpha value is -3.28. The molecule has 9 nitrogen and oxygen atoms in total. The molecule has 1 aliphatic heterocycles. The summed E-state index contributed by atoms with van der Waals surface area (Å²) in [7, 11) is 0. The van der Waals surface area contributed by atoms with E-state index < -0.39 is 58.3 Å². The first-order chi connectivity index (χ1) is 20.5. The molecule has 4 rings (SSSR count). The first-order valence-electron chi connectivity index (χ1n) is 12.9. The third-order valence-corrected chi connectivity index (χ3v) is 7.66. The molecule has 3 aromatic rings. The third-order valence-electron chi connectivity index (χ3n) is 6.05. The molecule has 226 valence electrons. The van der Waals surface area contributed by atoms with Crippen molar-refractivity contribution in [1.82, 2.24) is 0 Å². The van der Waals surface area contributed by atoms with Crippen LogP contribution in [0.4, 0.5) is 0 Å². The van der Waals surface area contributed by atoms with Crippen molar-refractivity contribution in [1.29, 1.82) is 5.41 Å². The van der Waals surface area contributed by atoms with E-state index in [2.05, 4.69) is 0 Å². The minimum Gasteiger partial charge on any atom is -0.456 e. The molecule has 1 N–H and O–H groups in total. The molecule has 0 amide bonds. The van der Waals surface area contributed by atoms with Gasteiger partial charge in [-0.3, -0.25) is 10.2 Å². The van der Waals surface area contributed by atoms with Crippen LogP contribution in [0.3, 0.4) is 0 Å². The second kappa shape index (κ2) is 14.9. The average molecular weight is 667 g/mol. The highest BCUT2D eigenvalue weighted by Crippen LogP contribution is 2.36. The SMILES string of the molecule is CC(=O)O[C@H]1[C@H](OC(=O)c2ccccc2)[C@@H](OC(=O)c2ccccc2)[C@@H](OC(=N)C(Cl)(Cl)Cl)O[C@@H]1CSc1ccccc1. The molecular formula is C30H26Cl3NO8S. The number of thioether (sulfide) groups is 1. The van der Waals surface area contributed by atoms with Crippen molar-refractivity contribution in [2.45, 2.75) is 46.3 Å². The van der Waals surface area contributed by atoms with Gasteiger partial charge in [-0.05, 0) is 36.4 Å². The number of benzene rings is 3. The number of esters is 3. The fourth-order valence-corrected chi connectivity index (χ4v) is 5.22. The second-order valence-corrected chi connectivity index (χ2v) is 12.5. The highest BCUT2D eigenvalue weighted by atomic mass is 35.6. The zero-order chi connectivity index (χ0) is 31.0. The molecule has 43 heavy (non-hydrogen) atoms. The molecule has 0 radical (unpaired) electrons. The summed E-state index contributed by atoms with van der Waals surface area (Å²) in [6.45, 7) is 1.18. The van der Waals surface area contributed by atoms with Crippen molar-refractivity contribution < 1.29 is 38.1 Å². The number of nitrogens with one attached hydrogen (secondary N) is 1. The summed E-state index contributed by atoms with van der Waals surface area (Å²) in [6.07, 6.45) is -6.92. The molecule has 1 heterocycles. The van der Waals surface area contributed by atoms with E-state index in [0.29, 0.717) is 0 Å². The van der Waals surface area contributed by atoms with Crippen molar-refractivity contribution in [3.8, 4) is 0 Å². The van der Waals surface area contributed by atoms with Gasteiger partial charge in [-0.15, -0.1) is 11.8 Å². The molecule has 0 aliphatic carbocycles. The summed E-state index contributed by atoms with van der Waals surface area (Å²) >= 11 is 19.0. The summed E-state index contributed by atoms with van der Waals surface area (Å²) in [5, 5.41) is 8.18. The predicted octanol–water partition coefficient (Wildman–Crippen LogP) is 6.25. The smallest absolute Gasteiger partial charge is 0.338 e.